The van der Waals surface area contributed by atoms with E-state index in [1.807, 2.05) is 0 Å². The van der Waals surface area contributed by atoms with Gasteiger partial charge in [-0.25, -0.2) is 4.79 Å². The fourth-order valence-corrected chi connectivity index (χ4v) is 1.63. The Morgan fingerprint density at radius 2 is 1.95 bits per heavy atom. The highest BCUT2D eigenvalue weighted by Crippen LogP contribution is 2.12. The summed E-state index contributed by atoms with van der Waals surface area (Å²) in [5, 5.41) is 10.5. The number of nitro benzene ring substituents is 1. The number of nitrogens with zero attached hydrogens (tertiary/aromatic N) is 2. The second-order valence-corrected chi connectivity index (χ2v) is 4.61. The van der Waals surface area contributed by atoms with Crippen LogP contribution >= 0.6 is 0 Å². The van der Waals surface area contributed by atoms with Crippen LogP contribution in [-0.2, 0) is 4.74 Å². The van der Waals surface area contributed by atoms with Crippen molar-refractivity contribution >= 4 is 17.6 Å². The highest BCUT2D eigenvalue weighted by Gasteiger charge is 2.12. The molecule has 0 aromatic heterocycles. The molecule has 1 aromatic rings. The van der Waals surface area contributed by atoms with Gasteiger partial charge in [0.1, 0.15) is 6.61 Å². The first kappa shape index (κ1) is 17.4. The molecule has 0 spiro atoms. The molecule has 22 heavy (non-hydrogen) atoms. The van der Waals surface area contributed by atoms with E-state index in [-0.39, 0.29) is 29.9 Å². The molecule has 6 N–H and O–H groups in total. The number of non-ortho nitro benzene ring substituents is 1. The van der Waals surface area contributed by atoms with Crippen molar-refractivity contribution in [1.29, 1.82) is 0 Å². The highest BCUT2D eigenvalue weighted by molar-refractivity contribution is 5.89. The van der Waals surface area contributed by atoms with Crippen molar-refractivity contribution in [2.24, 2.45) is 22.2 Å². The minimum atomic E-state index is -0.574. The highest BCUT2D eigenvalue weighted by atomic mass is 16.6. The lowest BCUT2D eigenvalue weighted by atomic mass is 10.2. The Bertz CT molecular complexity index is 540. The molecule has 0 aliphatic rings. The third-order valence-corrected chi connectivity index (χ3v) is 2.77. The summed E-state index contributed by atoms with van der Waals surface area (Å²) in [6.45, 7) is 0.518. The number of carbonyl (C=O) groups excluding carboxylic acids is 1. The summed E-state index contributed by atoms with van der Waals surface area (Å²) in [5.41, 5.74) is 16.3. The van der Waals surface area contributed by atoms with E-state index in [9.17, 15) is 14.9 Å². The number of guanidine groups is 1. The number of nitro groups is 1. The number of hydrogen-bond acceptors (Lipinski definition) is 6. The number of aliphatic imine (C=N–C) groups is 1. The maximum atomic E-state index is 11.7. The van der Waals surface area contributed by atoms with Crippen molar-refractivity contribution in [2.75, 3.05) is 13.2 Å². The lowest BCUT2D eigenvalue weighted by Gasteiger charge is -2.11. The lowest BCUT2D eigenvalue weighted by Crippen LogP contribution is -2.28. The molecule has 9 nitrogen and oxygen atoms in total. The third kappa shape index (κ3) is 6.18. The van der Waals surface area contributed by atoms with E-state index in [1.165, 1.54) is 24.3 Å². The van der Waals surface area contributed by atoms with Crippen LogP contribution in [-0.4, -0.2) is 36.0 Å². The predicted octanol–water partition coefficient (Wildman–Crippen LogP) is 0.133. The SMILES string of the molecule is NC(N)=NCCC[C@H](N)COC(=O)c1ccc([N+](=O)[O-])cc1. The number of rotatable bonds is 8. The van der Waals surface area contributed by atoms with Gasteiger partial charge in [0.15, 0.2) is 5.96 Å². The molecule has 0 amide bonds. The summed E-state index contributed by atoms with van der Waals surface area (Å²) in [5.74, 6) is -0.548. The van der Waals surface area contributed by atoms with Gasteiger partial charge in [-0.05, 0) is 25.0 Å². The van der Waals surface area contributed by atoms with Crippen molar-refractivity contribution in [3.8, 4) is 0 Å². The van der Waals surface area contributed by atoms with Crippen LogP contribution in [0.15, 0.2) is 29.3 Å². The summed E-state index contributed by atoms with van der Waals surface area (Å²) >= 11 is 0. The first-order valence-electron chi connectivity index (χ1n) is 6.62. The van der Waals surface area contributed by atoms with Crippen LogP contribution < -0.4 is 17.2 Å². The summed E-state index contributed by atoms with van der Waals surface area (Å²) in [7, 11) is 0. The molecule has 0 fully saturated rings. The summed E-state index contributed by atoms with van der Waals surface area (Å²) in [4.78, 5) is 25.5. The second-order valence-electron chi connectivity index (χ2n) is 4.61. The van der Waals surface area contributed by atoms with Crippen LogP contribution in [0.5, 0.6) is 0 Å². The maximum absolute atomic E-state index is 11.7. The molecular weight excluding hydrogens is 290 g/mol. The number of carbonyl (C=O) groups is 1. The predicted molar refractivity (Wildman–Crippen MR) is 81.3 cm³/mol. The first-order valence-corrected chi connectivity index (χ1v) is 6.62. The first-order chi connectivity index (χ1) is 10.4. The number of hydrogen-bond donors (Lipinski definition) is 3. The largest absolute Gasteiger partial charge is 0.460 e. The van der Waals surface area contributed by atoms with Gasteiger partial charge < -0.3 is 21.9 Å². The molecule has 1 atom stereocenters. The van der Waals surface area contributed by atoms with E-state index in [0.29, 0.717) is 19.4 Å². The Balaban J connectivity index is 2.35. The zero-order valence-corrected chi connectivity index (χ0v) is 12.0. The van der Waals surface area contributed by atoms with Gasteiger partial charge in [0.2, 0.25) is 0 Å². The fourth-order valence-electron chi connectivity index (χ4n) is 1.63. The molecule has 0 bridgehead atoms. The minimum Gasteiger partial charge on any atom is -0.460 e. The van der Waals surface area contributed by atoms with Gasteiger partial charge in [-0.2, -0.15) is 0 Å². The van der Waals surface area contributed by atoms with E-state index in [2.05, 4.69) is 4.99 Å². The third-order valence-electron chi connectivity index (χ3n) is 2.77. The summed E-state index contributed by atoms with van der Waals surface area (Å²) in [6, 6.07) is 4.84. The molecule has 1 aromatic carbocycles. The standard InChI is InChI=1S/C13H19N5O4/c14-10(2-1-7-17-13(15)16)8-22-12(19)9-3-5-11(6-4-9)18(20)21/h3-6,10H,1-2,7-8,14H2,(H4,15,16,17)/t10-/m0/s1. The Kier molecular flexibility index (Phi) is 6.77. The van der Waals surface area contributed by atoms with E-state index in [4.69, 9.17) is 21.9 Å². The van der Waals surface area contributed by atoms with E-state index in [1.54, 1.807) is 0 Å². The number of ether oxygens (including phenoxy) is 1. The molecule has 9 heteroatoms. The molecule has 0 aliphatic heterocycles. The summed E-state index contributed by atoms with van der Waals surface area (Å²) < 4.78 is 5.05. The van der Waals surface area contributed by atoms with Crippen molar-refractivity contribution < 1.29 is 14.5 Å². The molecule has 0 saturated heterocycles. The second kappa shape index (κ2) is 8.57. The molecule has 1 rings (SSSR count). The van der Waals surface area contributed by atoms with E-state index >= 15 is 0 Å². The number of nitrogens with two attached hydrogens (primary N) is 3. The van der Waals surface area contributed by atoms with Gasteiger partial charge in [-0.15, -0.1) is 0 Å². The van der Waals surface area contributed by atoms with Crippen LogP contribution in [0.25, 0.3) is 0 Å². The monoisotopic (exact) mass is 309 g/mol. The maximum Gasteiger partial charge on any atom is 0.338 e. The summed E-state index contributed by atoms with van der Waals surface area (Å²) in [6.07, 6.45) is 1.28. The Morgan fingerprint density at radius 1 is 1.32 bits per heavy atom. The molecule has 0 aliphatic carbocycles. The van der Waals surface area contributed by atoms with Gasteiger partial charge in [0.05, 0.1) is 10.5 Å². The Labute approximate surface area is 127 Å². The van der Waals surface area contributed by atoms with Gasteiger partial charge >= 0.3 is 5.97 Å². The van der Waals surface area contributed by atoms with Gasteiger partial charge in [0, 0.05) is 24.7 Å². The number of benzene rings is 1. The normalized spacial score (nSPS) is 11.5. The van der Waals surface area contributed by atoms with Crippen molar-refractivity contribution in [2.45, 2.75) is 18.9 Å². The van der Waals surface area contributed by atoms with E-state index < -0.39 is 10.9 Å². The molecule has 0 unspecified atom stereocenters. The van der Waals surface area contributed by atoms with Crippen LogP contribution in [0.1, 0.15) is 23.2 Å². The zero-order chi connectivity index (χ0) is 16.5. The molecular formula is C13H19N5O4. The number of esters is 1. The van der Waals surface area contributed by atoms with Gasteiger partial charge in [-0.3, -0.25) is 15.1 Å². The van der Waals surface area contributed by atoms with Gasteiger partial charge in [-0.1, -0.05) is 0 Å². The van der Waals surface area contributed by atoms with Crippen LogP contribution in [0, 0.1) is 10.1 Å². The molecule has 120 valence electrons. The molecule has 0 saturated carbocycles. The van der Waals surface area contributed by atoms with Crippen LogP contribution in [0.4, 0.5) is 5.69 Å². The quantitative estimate of drug-likeness (QED) is 0.154. The van der Waals surface area contributed by atoms with Crippen LogP contribution in [0.2, 0.25) is 0 Å². The Morgan fingerprint density at radius 3 is 2.50 bits per heavy atom. The topological polar surface area (TPSA) is 160 Å². The van der Waals surface area contributed by atoms with Crippen molar-refractivity contribution in [3.63, 3.8) is 0 Å². The van der Waals surface area contributed by atoms with Crippen molar-refractivity contribution in [3.05, 3.63) is 39.9 Å². The average molecular weight is 309 g/mol. The van der Waals surface area contributed by atoms with E-state index in [0.717, 1.165) is 0 Å². The smallest absolute Gasteiger partial charge is 0.338 e. The van der Waals surface area contributed by atoms with Crippen LogP contribution in [0.3, 0.4) is 0 Å². The fraction of sp³-hybridized carbons (Fsp3) is 0.385. The van der Waals surface area contributed by atoms with Gasteiger partial charge in [0.25, 0.3) is 5.69 Å². The minimum absolute atomic E-state index is 0.0261. The van der Waals surface area contributed by atoms with Crippen molar-refractivity contribution in [1.82, 2.24) is 0 Å². The Hall–Kier alpha value is -2.68. The zero-order valence-electron chi connectivity index (χ0n) is 12.0. The molecule has 0 heterocycles. The lowest BCUT2D eigenvalue weighted by molar-refractivity contribution is -0.384. The average Bonchev–Trinajstić information content (AvgIpc) is 2.49. The molecule has 0 radical (unpaired) electrons.